The van der Waals surface area contributed by atoms with Crippen molar-refractivity contribution in [3.63, 3.8) is 0 Å². The van der Waals surface area contributed by atoms with Crippen LogP contribution in [0.2, 0.25) is 0 Å². The van der Waals surface area contributed by atoms with Crippen LogP contribution in [-0.2, 0) is 6.42 Å². The number of hydrogen-bond donors (Lipinski definition) is 1. The van der Waals surface area contributed by atoms with Crippen LogP contribution in [0.25, 0.3) is 17.2 Å². The molecule has 32 heavy (non-hydrogen) atoms. The third-order valence-corrected chi connectivity index (χ3v) is 5.41. The fourth-order valence-corrected chi connectivity index (χ4v) is 3.53. The summed E-state index contributed by atoms with van der Waals surface area (Å²) in [5.41, 5.74) is 5.09. The van der Waals surface area contributed by atoms with E-state index < -0.39 is 0 Å². The summed E-state index contributed by atoms with van der Waals surface area (Å²) in [4.78, 5) is 9.18. The lowest BCUT2D eigenvalue weighted by molar-refractivity contribution is 0.357. The second kappa shape index (κ2) is 8.88. The molecule has 9 heteroatoms. The van der Waals surface area contributed by atoms with Crippen LogP contribution in [0.3, 0.4) is 0 Å². The van der Waals surface area contributed by atoms with E-state index in [0.717, 1.165) is 16.9 Å². The Balaban J connectivity index is 1.93. The van der Waals surface area contributed by atoms with Gasteiger partial charge in [0, 0.05) is 11.5 Å². The minimum atomic E-state index is -0.241. The number of fused-ring (bicyclic) bond motifs is 3. The molecular formula is C23H26N6O3. The largest absolute Gasteiger partial charge is 0.497 e. The van der Waals surface area contributed by atoms with Gasteiger partial charge in [-0.1, -0.05) is 25.6 Å². The molecule has 0 atom stereocenters. The van der Waals surface area contributed by atoms with Gasteiger partial charge in [0.2, 0.25) is 11.7 Å². The highest BCUT2D eigenvalue weighted by molar-refractivity contribution is 6.04. The molecule has 166 valence electrons. The van der Waals surface area contributed by atoms with Crippen molar-refractivity contribution in [1.29, 1.82) is 0 Å². The predicted octanol–water partition coefficient (Wildman–Crippen LogP) is 3.71. The predicted molar refractivity (Wildman–Crippen MR) is 122 cm³/mol. The van der Waals surface area contributed by atoms with Crippen LogP contribution in [0, 0.1) is 0 Å². The van der Waals surface area contributed by atoms with Gasteiger partial charge in [0.1, 0.15) is 17.8 Å². The van der Waals surface area contributed by atoms with Gasteiger partial charge in [-0.2, -0.15) is 15.2 Å². The first-order valence-electron chi connectivity index (χ1n) is 10.4. The molecule has 0 fully saturated rings. The zero-order valence-electron chi connectivity index (χ0n) is 18.7. The summed E-state index contributed by atoms with van der Waals surface area (Å²) in [6.07, 6.45) is 2.90. The van der Waals surface area contributed by atoms with Gasteiger partial charge in [-0.05, 0) is 43.5 Å². The first-order valence-corrected chi connectivity index (χ1v) is 10.4. The summed E-state index contributed by atoms with van der Waals surface area (Å²) in [5, 5.41) is 22.6. The van der Waals surface area contributed by atoms with Crippen LogP contribution < -0.4 is 4.74 Å². The SMILES string of the molecule is C=C1CCc2c(-c3noc(C(C)C)n3)ncn2-c2ccc(OC)cc2/C(C)=N/N=C1CO. The topological polar surface area (TPSA) is 111 Å². The maximum absolute atomic E-state index is 9.79. The maximum Gasteiger partial charge on any atom is 0.229 e. The number of aliphatic hydroxyl groups is 1. The number of imidazole rings is 1. The summed E-state index contributed by atoms with van der Waals surface area (Å²) in [6, 6.07) is 5.76. The van der Waals surface area contributed by atoms with Crippen LogP contribution in [-0.4, -0.2) is 49.9 Å². The molecule has 0 aliphatic carbocycles. The Bertz CT molecular complexity index is 1220. The summed E-state index contributed by atoms with van der Waals surface area (Å²) in [5.74, 6) is 1.82. The van der Waals surface area contributed by atoms with Crippen molar-refractivity contribution < 1.29 is 14.4 Å². The summed E-state index contributed by atoms with van der Waals surface area (Å²) in [7, 11) is 1.62. The minimum absolute atomic E-state index is 0.117. The van der Waals surface area contributed by atoms with Crippen molar-refractivity contribution in [2.24, 2.45) is 10.2 Å². The van der Waals surface area contributed by atoms with E-state index in [2.05, 4.69) is 31.9 Å². The van der Waals surface area contributed by atoms with Crippen LogP contribution in [0.15, 0.2) is 51.4 Å². The normalized spacial score (nSPS) is 16.0. The molecule has 2 aromatic heterocycles. The molecule has 0 amide bonds. The van der Waals surface area contributed by atoms with E-state index in [1.165, 1.54) is 0 Å². The molecule has 1 aliphatic rings. The second-order valence-corrected chi connectivity index (χ2v) is 7.90. The van der Waals surface area contributed by atoms with E-state index in [9.17, 15) is 5.11 Å². The van der Waals surface area contributed by atoms with Gasteiger partial charge in [-0.15, -0.1) is 0 Å². The number of benzene rings is 1. The van der Waals surface area contributed by atoms with E-state index in [4.69, 9.17) is 9.26 Å². The quantitative estimate of drug-likeness (QED) is 0.670. The van der Waals surface area contributed by atoms with Crippen molar-refractivity contribution in [2.75, 3.05) is 13.7 Å². The average Bonchev–Trinajstić information content (AvgIpc) is 3.44. The highest BCUT2D eigenvalue weighted by atomic mass is 16.5. The number of aromatic nitrogens is 4. The van der Waals surface area contributed by atoms with Crippen molar-refractivity contribution in [2.45, 2.75) is 39.5 Å². The summed E-state index contributed by atoms with van der Waals surface area (Å²) < 4.78 is 12.8. The highest BCUT2D eigenvalue weighted by Crippen LogP contribution is 2.30. The molecule has 1 aromatic carbocycles. The van der Waals surface area contributed by atoms with E-state index >= 15 is 0 Å². The Hall–Kier alpha value is -3.59. The molecule has 1 N–H and O–H groups in total. The number of hydrogen-bond acceptors (Lipinski definition) is 8. The molecule has 0 spiro atoms. The molecule has 0 saturated carbocycles. The lowest BCUT2D eigenvalue weighted by atomic mass is 10.0. The summed E-state index contributed by atoms with van der Waals surface area (Å²) >= 11 is 0. The third-order valence-electron chi connectivity index (χ3n) is 5.41. The molecule has 0 unspecified atom stereocenters. The fourth-order valence-electron chi connectivity index (χ4n) is 3.53. The van der Waals surface area contributed by atoms with Crippen molar-refractivity contribution in [3.05, 3.63) is 53.8 Å². The molecule has 1 aliphatic heterocycles. The monoisotopic (exact) mass is 434 g/mol. The van der Waals surface area contributed by atoms with Gasteiger partial charge in [0.15, 0.2) is 0 Å². The lowest BCUT2D eigenvalue weighted by Crippen LogP contribution is -2.09. The van der Waals surface area contributed by atoms with Gasteiger partial charge in [0.25, 0.3) is 0 Å². The van der Waals surface area contributed by atoms with E-state index in [1.54, 1.807) is 13.4 Å². The van der Waals surface area contributed by atoms with Gasteiger partial charge in [-0.25, -0.2) is 4.98 Å². The Morgan fingerprint density at radius 3 is 2.75 bits per heavy atom. The highest BCUT2D eigenvalue weighted by Gasteiger charge is 2.23. The van der Waals surface area contributed by atoms with Crippen LogP contribution in [0.4, 0.5) is 0 Å². The fraction of sp³-hybridized carbons (Fsp3) is 0.348. The van der Waals surface area contributed by atoms with Crippen molar-refractivity contribution in [1.82, 2.24) is 19.7 Å². The maximum atomic E-state index is 9.79. The first-order chi connectivity index (χ1) is 15.4. The molecule has 9 nitrogen and oxygen atoms in total. The van der Waals surface area contributed by atoms with Crippen LogP contribution >= 0.6 is 0 Å². The lowest BCUT2D eigenvalue weighted by Gasteiger charge is -2.14. The molecule has 3 heterocycles. The van der Waals surface area contributed by atoms with Crippen molar-refractivity contribution in [3.8, 4) is 23.0 Å². The van der Waals surface area contributed by atoms with E-state index in [1.807, 2.05) is 43.5 Å². The zero-order valence-corrected chi connectivity index (χ0v) is 18.7. The standard InChI is InChI=1S/C23H26N6O3/c1-13(2)23-25-22(28-32-23)21-20-8-6-14(3)18(11-30)27-26-15(4)17-10-16(31-5)7-9-19(17)29(20)12-24-21/h7,9-10,12-13,30H,3,6,8,11H2,1-2,4-5H3/b26-15+,27-18?. The Morgan fingerprint density at radius 2 is 2.06 bits per heavy atom. The zero-order chi connectivity index (χ0) is 22.8. The first kappa shape index (κ1) is 21.6. The van der Waals surface area contributed by atoms with E-state index in [0.29, 0.717) is 53.0 Å². The number of aliphatic hydroxyl groups excluding tert-OH is 1. The average molecular weight is 435 g/mol. The number of rotatable bonds is 4. The Kier molecular flexibility index (Phi) is 6.00. The third kappa shape index (κ3) is 3.99. The molecule has 4 rings (SSSR count). The molecule has 0 saturated heterocycles. The second-order valence-electron chi connectivity index (χ2n) is 7.90. The molecule has 0 bridgehead atoms. The van der Waals surface area contributed by atoms with Crippen molar-refractivity contribution >= 4 is 11.4 Å². The van der Waals surface area contributed by atoms with Gasteiger partial charge >= 0.3 is 0 Å². The number of methoxy groups -OCH3 is 1. The number of nitrogens with zero attached hydrogens (tertiary/aromatic N) is 6. The molecule has 0 radical (unpaired) electrons. The van der Waals surface area contributed by atoms with E-state index in [-0.39, 0.29) is 12.5 Å². The van der Waals surface area contributed by atoms with Gasteiger partial charge in [-0.3, -0.25) is 0 Å². The minimum Gasteiger partial charge on any atom is -0.497 e. The smallest absolute Gasteiger partial charge is 0.229 e. The van der Waals surface area contributed by atoms with Crippen LogP contribution in [0.1, 0.15) is 50.3 Å². The molecule has 3 aromatic rings. The van der Waals surface area contributed by atoms with Gasteiger partial charge in [0.05, 0.1) is 36.5 Å². The Morgan fingerprint density at radius 1 is 1.25 bits per heavy atom. The van der Waals surface area contributed by atoms with Gasteiger partial charge < -0.3 is 18.9 Å². The summed E-state index contributed by atoms with van der Waals surface area (Å²) in [6.45, 7) is 9.72. The number of ether oxygens (including phenoxy) is 1. The van der Waals surface area contributed by atoms with Crippen LogP contribution in [0.5, 0.6) is 5.75 Å². The Labute approximate surface area is 186 Å². The molecular weight excluding hydrogens is 408 g/mol.